The number of esters is 2. The van der Waals surface area contributed by atoms with Gasteiger partial charge in [0, 0.05) is 17.0 Å². The van der Waals surface area contributed by atoms with Gasteiger partial charge in [0.1, 0.15) is 6.10 Å². The van der Waals surface area contributed by atoms with E-state index in [1.165, 1.54) is 6.92 Å². The van der Waals surface area contributed by atoms with Crippen molar-refractivity contribution in [3.63, 3.8) is 0 Å². The summed E-state index contributed by atoms with van der Waals surface area (Å²) in [7, 11) is 0. The van der Waals surface area contributed by atoms with E-state index < -0.39 is 18.5 Å². The fourth-order valence-corrected chi connectivity index (χ4v) is 4.60. The molecule has 0 aromatic carbocycles. The minimum absolute atomic E-state index is 0.0537. The van der Waals surface area contributed by atoms with Gasteiger partial charge in [-0.05, 0) is 52.4 Å². The van der Waals surface area contributed by atoms with Gasteiger partial charge in [-0.25, -0.2) is 9.59 Å². The number of carbonyl (C=O) groups is 3. The fourth-order valence-electron chi connectivity index (χ4n) is 4.60. The van der Waals surface area contributed by atoms with E-state index in [-0.39, 0.29) is 46.9 Å². The molecule has 3 fully saturated rings. The Hall–Kier alpha value is -1.85. The summed E-state index contributed by atoms with van der Waals surface area (Å²) >= 11 is 0. The van der Waals surface area contributed by atoms with Crippen LogP contribution in [0.25, 0.3) is 0 Å². The number of nitrogens with zero attached hydrogens (tertiary/aromatic N) is 1. The Labute approximate surface area is 142 Å². The summed E-state index contributed by atoms with van der Waals surface area (Å²) in [5.41, 5.74) is -0.0590. The van der Waals surface area contributed by atoms with Crippen molar-refractivity contribution in [1.29, 1.82) is 0 Å². The van der Waals surface area contributed by atoms with Gasteiger partial charge in [0.25, 0.3) is 0 Å². The van der Waals surface area contributed by atoms with Gasteiger partial charge in [-0.1, -0.05) is 6.58 Å². The van der Waals surface area contributed by atoms with E-state index in [0.29, 0.717) is 0 Å². The molecule has 2 bridgehead atoms. The van der Waals surface area contributed by atoms with E-state index in [9.17, 15) is 14.4 Å². The number of amides is 1. The van der Waals surface area contributed by atoms with E-state index in [4.69, 9.17) is 9.47 Å². The van der Waals surface area contributed by atoms with E-state index in [1.54, 1.807) is 0 Å². The van der Waals surface area contributed by atoms with Crippen LogP contribution in [0.1, 0.15) is 40.5 Å². The molecule has 1 heterocycles. The number of hydrogen-bond donors (Lipinski definition) is 0. The Bertz CT molecular complexity index is 605. The smallest absolute Gasteiger partial charge is 0.344 e. The Balaban J connectivity index is 1.69. The van der Waals surface area contributed by atoms with Crippen LogP contribution in [0.2, 0.25) is 0 Å². The molecule has 5 unspecified atom stereocenters. The molecule has 132 valence electrons. The molecule has 24 heavy (non-hydrogen) atoms. The first-order valence-electron chi connectivity index (χ1n) is 8.46. The predicted octanol–water partition coefficient (Wildman–Crippen LogP) is 1.68. The lowest BCUT2D eigenvalue weighted by molar-refractivity contribution is -0.165. The van der Waals surface area contributed by atoms with Gasteiger partial charge >= 0.3 is 11.9 Å². The molecular formula is C18H25NO5. The molecule has 6 heteroatoms. The zero-order chi connectivity index (χ0) is 17.8. The molecule has 2 saturated carbocycles. The van der Waals surface area contributed by atoms with Gasteiger partial charge < -0.3 is 14.4 Å². The zero-order valence-electron chi connectivity index (χ0n) is 14.7. The number of likely N-dealkylation sites (tertiary alicyclic amines) is 1. The third-order valence-corrected chi connectivity index (χ3v) is 5.40. The minimum Gasteiger partial charge on any atom is -0.457 e. The lowest BCUT2D eigenvalue weighted by Gasteiger charge is -2.39. The molecule has 2 aliphatic carbocycles. The molecule has 1 aliphatic heterocycles. The fraction of sp³-hybridized carbons (Fsp3) is 0.722. The molecule has 3 aliphatic rings. The summed E-state index contributed by atoms with van der Waals surface area (Å²) in [6.45, 7) is 10.6. The Kier molecular flexibility index (Phi) is 3.97. The SMILES string of the molecule is C=C(C)C(=O)OCC(=O)OC1C2CC3C(=O)N(C(C)(C)C)C1C3C2. The van der Waals surface area contributed by atoms with Crippen LogP contribution in [-0.2, 0) is 23.9 Å². The molecule has 0 radical (unpaired) electrons. The highest BCUT2D eigenvalue weighted by Gasteiger charge is 2.66. The second-order valence-corrected chi connectivity index (χ2v) is 8.18. The molecule has 5 atom stereocenters. The quantitative estimate of drug-likeness (QED) is 0.577. The third kappa shape index (κ3) is 2.62. The van der Waals surface area contributed by atoms with Crippen LogP contribution in [0.4, 0.5) is 0 Å². The molecule has 0 aromatic heterocycles. The van der Waals surface area contributed by atoms with Gasteiger partial charge in [0.05, 0.1) is 6.04 Å². The zero-order valence-corrected chi connectivity index (χ0v) is 14.7. The second kappa shape index (κ2) is 5.60. The molecule has 0 N–H and O–H groups in total. The maximum Gasteiger partial charge on any atom is 0.344 e. The second-order valence-electron chi connectivity index (χ2n) is 8.18. The first kappa shape index (κ1) is 17.0. The molecular weight excluding hydrogens is 310 g/mol. The van der Waals surface area contributed by atoms with Gasteiger partial charge in [0.15, 0.2) is 6.61 Å². The summed E-state index contributed by atoms with van der Waals surface area (Å²) < 4.78 is 10.5. The third-order valence-electron chi connectivity index (χ3n) is 5.40. The highest BCUT2D eigenvalue weighted by atomic mass is 16.6. The van der Waals surface area contributed by atoms with Crippen molar-refractivity contribution in [2.75, 3.05) is 6.61 Å². The van der Waals surface area contributed by atoms with Crippen LogP contribution < -0.4 is 0 Å². The maximum absolute atomic E-state index is 12.7. The van der Waals surface area contributed by atoms with Crippen molar-refractivity contribution in [3.05, 3.63) is 12.2 Å². The molecule has 0 spiro atoms. The average molecular weight is 335 g/mol. The van der Waals surface area contributed by atoms with Crippen molar-refractivity contribution in [2.45, 2.75) is 58.2 Å². The number of fused-ring (bicyclic) bond motifs is 1. The average Bonchev–Trinajstić information content (AvgIpc) is 3.07. The molecule has 3 rings (SSSR count). The van der Waals surface area contributed by atoms with Crippen LogP contribution >= 0.6 is 0 Å². The molecule has 0 aromatic rings. The van der Waals surface area contributed by atoms with E-state index >= 15 is 0 Å². The number of ether oxygens (including phenoxy) is 2. The molecule has 1 saturated heterocycles. The normalized spacial score (nSPS) is 33.8. The van der Waals surface area contributed by atoms with E-state index in [0.717, 1.165) is 12.8 Å². The van der Waals surface area contributed by atoms with Crippen molar-refractivity contribution in [1.82, 2.24) is 4.90 Å². The van der Waals surface area contributed by atoms with Gasteiger partial charge in [0.2, 0.25) is 5.91 Å². The monoisotopic (exact) mass is 335 g/mol. The number of hydrogen-bond acceptors (Lipinski definition) is 5. The summed E-state index contributed by atoms with van der Waals surface area (Å²) in [6.07, 6.45) is 1.42. The van der Waals surface area contributed by atoms with E-state index in [2.05, 4.69) is 6.58 Å². The van der Waals surface area contributed by atoms with Crippen molar-refractivity contribution < 1.29 is 23.9 Å². The van der Waals surface area contributed by atoms with Crippen LogP contribution in [-0.4, -0.2) is 47.0 Å². The standard InChI is InChI=1S/C18H25NO5/c1-9(2)17(22)23-8-13(20)24-15-10-6-11-12(7-10)16(21)19(14(11)15)18(3,4)5/h10-12,14-15H,1,6-8H2,2-5H3. The predicted molar refractivity (Wildman–Crippen MR) is 85.7 cm³/mol. The maximum atomic E-state index is 12.7. The lowest BCUT2D eigenvalue weighted by Crippen LogP contribution is -2.52. The largest absolute Gasteiger partial charge is 0.457 e. The van der Waals surface area contributed by atoms with Gasteiger partial charge in [-0.2, -0.15) is 0 Å². The summed E-state index contributed by atoms with van der Waals surface area (Å²) in [6, 6.07) is -0.0537. The van der Waals surface area contributed by atoms with Crippen molar-refractivity contribution in [2.24, 2.45) is 17.8 Å². The minimum atomic E-state index is -0.604. The highest BCUT2D eigenvalue weighted by molar-refractivity contribution is 5.88. The first-order valence-corrected chi connectivity index (χ1v) is 8.46. The summed E-state index contributed by atoms with van der Waals surface area (Å²) in [5, 5.41) is 0. The molecule has 1 amide bonds. The van der Waals surface area contributed by atoms with Crippen LogP contribution in [0.5, 0.6) is 0 Å². The van der Waals surface area contributed by atoms with E-state index in [1.807, 2.05) is 25.7 Å². The Morgan fingerprint density at radius 2 is 1.96 bits per heavy atom. The Morgan fingerprint density at radius 3 is 2.54 bits per heavy atom. The van der Waals surface area contributed by atoms with Crippen LogP contribution in [0, 0.1) is 17.8 Å². The highest BCUT2D eigenvalue weighted by Crippen LogP contribution is 2.57. The van der Waals surface area contributed by atoms with Crippen LogP contribution in [0.3, 0.4) is 0 Å². The topological polar surface area (TPSA) is 72.9 Å². The molecule has 6 nitrogen and oxygen atoms in total. The Morgan fingerprint density at radius 1 is 1.29 bits per heavy atom. The van der Waals surface area contributed by atoms with Crippen molar-refractivity contribution in [3.8, 4) is 0 Å². The van der Waals surface area contributed by atoms with Gasteiger partial charge in [-0.3, -0.25) is 4.79 Å². The summed E-state index contributed by atoms with van der Waals surface area (Å²) in [5.74, 6) is -0.401. The van der Waals surface area contributed by atoms with Crippen molar-refractivity contribution >= 4 is 17.8 Å². The summed E-state index contributed by atoms with van der Waals surface area (Å²) in [4.78, 5) is 38.1. The van der Waals surface area contributed by atoms with Gasteiger partial charge in [-0.15, -0.1) is 0 Å². The van der Waals surface area contributed by atoms with Crippen LogP contribution in [0.15, 0.2) is 12.2 Å². The first-order chi connectivity index (χ1) is 11.1. The lowest BCUT2D eigenvalue weighted by atomic mass is 9.87. The number of carbonyl (C=O) groups excluding carboxylic acids is 3. The number of rotatable bonds is 4.